The number of hydrogen-bond donors (Lipinski definition) is 1. The van der Waals surface area contributed by atoms with E-state index in [0.29, 0.717) is 26.0 Å². The van der Waals surface area contributed by atoms with Gasteiger partial charge in [-0.2, -0.15) is 0 Å². The monoisotopic (exact) mass is 282 g/mol. The maximum Gasteiger partial charge on any atom is 0.220 e. The van der Waals surface area contributed by atoms with E-state index in [4.69, 9.17) is 9.15 Å². The third-order valence-electron chi connectivity index (χ3n) is 2.96. The Kier molecular flexibility index (Phi) is 6.20. The van der Waals surface area contributed by atoms with Crippen molar-refractivity contribution in [3.05, 3.63) is 17.3 Å². The molecule has 0 aliphatic rings. The van der Waals surface area contributed by atoms with Crippen LogP contribution in [0.3, 0.4) is 0 Å². The van der Waals surface area contributed by atoms with Gasteiger partial charge >= 0.3 is 0 Å². The van der Waals surface area contributed by atoms with Gasteiger partial charge in [-0.25, -0.2) is 4.98 Å². The summed E-state index contributed by atoms with van der Waals surface area (Å²) >= 11 is 0. The molecule has 1 rings (SSSR count). The molecular formula is C15H26N2O3. The van der Waals surface area contributed by atoms with E-state index < -0.39 is 0 Å². The number of aryl methyl sites for hydroxylation is 2. The van der Waals surface area contributed by atoms with E-state index in [1.165, 1.54) is 0 Å². The van der Waals surface area contributed by atoms with Gasteiger partial charge in [-0.05, 0) is 13.3 Å². The Hall–Kier alpha value is -1.36. The lowest BCUT2D eigenvalue weighted by atomic mass is 9.97. The second-order valence-corrected chi connectivity index (χ2v) is 5.97. The maximum atomic E-state index is 11.7. The van der Waals surface area contributed by atoms with E-state index in [1.807, 2.05) is 6.92 Å². The first kappa shape index (κ1) is 16.7. The molecule has 5 nitrogen and oxygen atoms in total. The van der Waals surface area contributed by atoms with Gasteiger partial charge in [0.1, 0.15) is 5.76 Å². The van der Waals surface area contributed by atoms with E-state index >= 15 is 0 Å². The number of ether oxygens (including phenoxy) is 1. The van der Waals surface area contributed by atoms with E-state index in [-0.39, 0.29) is 11.3 Å². The van der Waals surface area contributed by atoms with Gasteiger partial charge < -0.3 is 14.5 Å². The molecule has 1 heterocycles. The maximum absolute atomic E-state index is 11.7. The van der Waals surface area contributed by atoms with Gasteiger partial charge in [0.05, 0.1) is 5.69 Å². The highest BCUT2D eigenvalue weighted by Gasteiger charge is 2.22. The molecule has 0 radical (unpaired) electrons. The minimum Gasteiger partial charge on any atom is -0.445 e. The van der Waals surface area contributed by atoms with Crippen LogP contribution in [0.4, 0.5) is 0 Å². The number of aromatic nitrogens is 1. The number of oxazole rings is 1. The fraction of sp³-hybridized carbons (Fsp3) is 0.733. The molecule has 114 valence electrons. The number of methoxy groups -OCH3 is 1. The minimum atomic E-state index is -0.106. The normalized spacial score (nSPS) is 11.7. The van der Waals surface area contributed by atoms with Gasteiger partial charge in [0, 0.05) is 38.5 Å². The van der Waals surface area contributed by atoms with Crippen LogP contribution >= 0.6 is 0 Å². The van der Waals surface area contributed by atoms with Crippen LogP contribution < -0.4 is 5.32 Å². The van der Waals surface area contributed by atoms with E-state index in [9.17, 15) is 4.79 Å². The van der Waals surface area contributed by atoms with Crippen molar-refractivity contribution in [3.63, 3.8) is 0 Å². The van der Waals surface area contributed by atoms with Crippen molar-refractivity contribution in [1.29, 1.82) is 0 Å². The van der Waals surface area contributed by atoms with Crippen LogP contribution in [0.5, 0.6) is 0 Å². The molecule has 0 fully saturated rings. The van der Waals surface area contributed by atoms with Gasteiger partial charge in [0.2, 0.25) is 5.91 Å². The first-order valence-electron chi connectivity index (χ1n) is 7.07. The molecule has 0 aliphatic carbocycles. The van der Waals surface area contributed by atoms with Gasteiger partial charge in [0.25, 0.3) is 0 Å². The zero-order valence-corrected chi connectivity index (χ0v) is 13.2. The molecule has 0 saturated heterocycles. The molecule has 1 amide bonds. The van der Waals surface area contributed by atoms with Gasteiger partial charge in [-0.3, -0.25) is 4.79 Å². The average Bonchev–Trinajstić information content (AvgIpc) is 2.74. The number of carbonyl (C=O) groups excluding carboxylic acids is 1. The zero-order chi connectivity index (χ0) is 15.2. The summed E-state index contributed by atoms with van der Waals surface area (Å²) in [7, 11) is 1.65. The molecule has 0 aromatic carbocycles. The van der Waals surface area contributed by atoms with Crippen LogP contribution in [0.2, 0.25) is 0 Å². The summed E-state index contributed by atoms with van der Waals surface area (Å²) in [6, 6.07) is 0. The number of amides is 1. The molecule has 1 N–H and O–H groups in total. The Morgan fingerprint density at radius 1 is 1.40 bits per heavy atom. The molecule has 5 heteroatoms. The number of hydrogen-bond acceptors (Lipinski definition) is 4. The Bertz CT molecular complexity index is 433. The SMILES string of the molecule is COCCCNC(=O)CCc1oc(C(C)(C)C)nc1C. The third-order valence-corrected chi connectivity index (χ3v) is 2.96. The Balaban J connectivity index is 2.42. The number of rotatable bonds is 7. The van der Waals surface area contributed by atoms with Crippen LogP contribution in [0.1, 0.15) is 51.0 Å². The predicted molar refractivity (Wildman–Crippen MR) is 77.8 cm³/mol. The van der Waals surface area contributed by atoms with Crippen molar-refractivity contribution in [2.24, 2.45) is 0 Å². The smallest absolute Gasteiger partial charge is 0.220 e. The summed E-state index contributed by atoms with van der Waals surface area (Å²) in [5.41, 5.74) is 0.771. The summed E-state index contributed by atoms with van der Waals surface area (Å²) in [4.78, 5) is 16.1. The second-order valence-electron chi connectivity index (χ2n) is 5.97. The van der Waals surface area contributed by atoms with E-state index in [0.717, 1.165) is 23.8 Å². The molecular weight excluding hydrogens is 256 g/mol. The van der Waals surface area contributed by atoms with Crippen LogP contribution in [-0.2, 0) is 21.4 Å². The Labute approximate surface area is 121 Å². The zero-order valence-electron chi connectivity index (χ0n) is 13.2. The lowest BCUT2D eigenvalue weighted by Crippen LogP contribution is -2.25. The van der Waals surface area contributed by atoms with Crippen LogP contribution in [-0.4, -0.2) is 31.2 Å². The summed E-state index contributed by atoms with van der Waals surface area (Å²) in [6.45, 7) is 9.41. The summed E-state index contributed by atoms with van der Waals surface area (Å²) in [6.07, 6.45) is 1.84. The Morgan fingerprint density at radius 3 is 2.65 bits per heavy atom. The Morgan fingerprint density at radius 2 is 2.10 bits per heavy atom. The van der Waals surface area contributed by atoms with Crippen LogP contribution in [0, 0.1) is 6.92 Å². The van der Waals surface area contributed by atoms with Crippen molar-refractivity contribution in [2.75, 3.05) is 20.3 Å². The van der Waals surface area contributed by atoms with Gasteiger partial charge in [-0.1, -0.05) is 20.8 Å². The van der Waals surface area contributed by atoms with Crippen molar-refractivity contribution in [3.8, 4) is 0 Å². The lowest BCUT2D eigenvalue weighted by molar-refractivity contribution is -0.121. The van der Waals surface area contributed by atoms with E-state index in [2.05, 4.69) is 31.1 Å². The topological polar surface area (TPSA) is 64.4 Å². The molecule has 0 aliphatic heterocycles. The molecule has 20 heavy (non-hydrogen) atoms. The average molecular weight is 282 g/mol. The summed E-state index contributed by atoms with van der Waals surface area (Å²) in [5.74, 6) is 1.57. The molecule has 1 aromatic heterocycles. The summed E-state index contributed by atoms with van der Waals surface area (Å²) in [5, 5.41) is 2.86. The molecule has 0 spiro atoms. The van der Waals surface area contributed by atoms with Crippen LogP contribution in [0.25, 0.3) is 0 Å². The van der Waals surface area contributed by atoms with E-state index in [1.54, 1.807) is 7.11 Å². The fourth-order valence-corrected chi connectivity index (χ4v) is 1.74. The first-order valence-corrected chi connectivity index (χ1v) is 7.07. The lowest BCUT2D eigenvalue weighted by Gasteiger charge is -2.12. The first-order chi connectivity index (χ1) is 9.34. The van der Waals surface area contributed by atoms with Crippen molar-refractivity contribution >= 4 is 5.91 Å². The quantitative estimate of drug-likeness (QED) is 0.780. The van der Waals surface area contributed by atoms with Gasteiger partial charge in [-0.15, -0.1) is 0 Å². The second kappa shape index (κ2) is 7.43. The third kappa shape index (κ3) is 5.33. The number of carbonyl (C=O) groups is 1. The number of nitrogens with one attached hydrogen (secondary N) is 1. The standard InChI is InChI=1S/C15H26N2O3/c1-11-12(20-14(17-11)15(2,3)4)7-8-13(18)16-9-6-10-19-5/h6-10H2,1-5H3,(H,16,18). The molecule has 0 saturated carbocycles. The highest BCUT2D eigenvalue weighted by molar-refractivity contribution is 5.76. The minimum absolute atomic E-state index is 0.0363. The van der Waals surface area contributed by atoms with Crippen molar-refractivity contribution in [1.82, 2.24) is 10.3 Å². The highest BCUT2D eigenvalue weighted by atomic mass is 16.5. The number of nitrogens with zero attached hydrogens (tertiary/aromatic N) is 1. The highest BCUT2D eigenvalue weighted by Crippen LogP contribution is 2.24. The molecule has 0 atom stereocenters. The molecule has 0 unspecified atom stereocenters. The summed E-state index contributed by atoms with van der Waals surface area (Å²) < 4.78 is 10.7. The van der Waals surface area contributed by atoms with Gasteiger partial charge in [0.15, 0.2) is 5.89 Å². The molecule has 1 aromatic rings. The fourth-order valence-electron chi connectivity index (χ4n) is 1.74. The van der Waals surface area contributed by atoms with Crippen molar-refractivity contribution in [2.45, 2.75) is 52.4 Å². The van der Waals surface area contributed by atoms with Crippen LogP contribution in [0.15, 0.2) is 4.42 Å². The predicted octanol–water partition coefficient (Wildman–Crippen LogP) is 2.37. The van der Waals surface area contributed by atoms with Crippen molar-refractivity contribution < 1.29 is 13.9 Å². The largest absolute Gasteiger partial charge is 0.445 e. The molecule has 0 bridgehead atoms.